The van der Waals surface area contributed by atoms with Crippen LogP contribution in [0.4, 0.5) is 0 Å². The Morgan fingerprint density at radius 3 is 2.31 bits per heavy atom. The van der Waals surface area contributed by atoms with Crippen LogP contribution in [0, 0.1) is 12.8 Å². The van der Waals surface area contributed by atoms with Crippen molar-refractivity contribution in [1.82, 2.24) is 15.1 Å². The number of aryl methyl sites for hydroxylation is 1. The predicted molar refractivity (Wildman–Crippen MR) is 137 cm³/mol. The molecule has 0 aliphatic carbocycles. The van der Waals surface area contributed by atoms with Crippen molar-refractivity contribution in [2.75, 3.05) is 13.1 Å². The molecule has 1 N–H and O–H groups in total. The van der Waals surface area contributed by atoms with Gasteiger partial charge < -0.3 is 14.6 Å². The van der Waals surface area contributed by atoms with Crippen molar-refractivity contribution in [1.29, 1.82) is 0 Å². The Balaban J connectivity index is 1.45. The van der Waals surface area contributed by atoms with Gasteiger partial charge in [-0.2, -0.15) is 0 Å². The molecule has 3 aromatic rings. The van der Waals surface area contributed by atoms with E-state index in [-0.39, 0.29) is 23.8 Å². The first kappa shape index (κ1) is 24.7. The molecule has 6 heteroatoms. The van der Waals surface area contributed by atoms with Crippen LogP contribution in [0.2, 0.25) is 0 Å². The van der Waals surface area contributed by atoms with Gasteiger partial charge in [0.1, 0.15) is 11.8 Å². The van der Waals surface area contributed by atoms with Gasteiger partial charge in [0, 0.05) is 43.7 Å². The number of hydrogen-bond donors (Lipinski definition) is 1. The van der Waals surface area contributed by atoms with Gasteiger partial charge in [-0.05, 0) is 37.1 Å². The molecule has 1 aromatic heterocycles. The highest BCUT2D eigenvalue weighted by molar-refractivity contribution is 5.89. The number of nitrogens with one attached hydrogen (secondary N) is 1. The number of benzene rings is 2. The molecule has 2 aromatic carbocycles. The maximum absolute atomic E-state index is 13.4. The lowest BCUT2D eigenvalue weighted by Gasteiger charge is -2.45. The van der Waals surface area contributed by atoms with Crippen LogP contribution in [0.25, 0.3) is 11.3 Å². The second kappa shape index (κ2) is 10.9. The fourth-order valence-corrected chi connectivity index (χ4v) is 4.67. The van der Waals surface area contributed by atoms with Crippen LogP contribution in [0.1, 0.15) is 37.5 Å². The molecule has 0 saturated carbocycles. The lowest BCUT2D eigenvalue weighted by molar-refractivity contribution is -0.150. The standard InChI is InChI=1S/C29H35N3O3/c1-20(2)29(34)32-22(4)17-31(18-24-9-7-21(3)8-10-24)19-26(32)28(33)30-16-23-11-13-25(14-12-23)27-6-5-15-35-27/h5-15,20,22,26H,16-19H2,1-4H3,(H,30,33). The van der Waals surface area contributed by atoms with Crippen molar-refractivity contribution in [2.24, 2.45) is 5.92 Å². The van der Waals surface area contributed by atoms with E-state index in [2.05, 4.69) is 41.4 Å². The molecular formula is C29H35N3O3. The molecule has 0 bridgehead atoms. The largest absolute Gasteiger partial charge is 0.464 e. The maximum Gasteiger partial charge on any atom is 0.244 e. The first-order valence-corrected chi connectivity index (χ1v) is 12.3. The minimum atomic E-state index is -0.526. The maximum atomic E-state index is 13.4. The molecule has 1 aliphatic heterocycles. The highest BCUT2D eigenvalue weighted by Gasteiger charge is 2.39. The summed E-state index contributed by atoms with van der Waals surface area (Å²) in [6.07, 6.45) is 1.65. The number of carbonyl (C=O) groups is 2. The van der Waals surface area contributed by atoms with E-state index < -0.39 is 6.04 Å². The zero-order chi connectivity index (χ0) is 24.9. The Bertz CT molecular complexity index is 1120. The molecule has 184 valence electrons. The number of furan rings is 1. The van der Waals surface area contributed by atoms with E-state index in [9.17, 15) is 9.59 Å². The van der Waals surface area contributed by atoms with E-state index >= 15 is 0 Å². The second-order valence-corrected chi connectivity index (χ2v) is 9.84. The molecule has 2 heterocycles. The van der Waals surface area contributed by atoms with Crippen molar-refractivity contribution in [3.05, 3.63) is 83.6 Å². The Hall–Kier alpha value is -3.38. The molecule has 0 spiro atoms. The number of piperazine rings is 1. The van der Waals surface area contributed by atoms with Gasteiger partial charge in [0.05, 0.1) is 6.26 Å². The molecule has 2 unspecified atom stereocenters. The SMILES string of the molecule is Cc1ccc(CN2CC(C)N(C(=O)C(C)C)C(C(=O)NCc3ccc(-c4ccco4)cc3)C2)cc1. The van der Waals surface area contributed by atoms with Crippen LogP contribution in [-0.4, -0.2) is 46.8 Å². The van der Waals surface area contributed by atoms with Crippen LogP contribution in [0.5, 0.6) is 0 Å². The van der Waals surface area contributed by atoms with E-state index in [4.69, 9.17) is 4.42 Å². The van der Waals surface area contributed by atoms with Gasteiger partial charge in [0.25, 0.3) is 0 Å². The average Bonchev–Trinajstić information content (AvgIpc) is 3.38. The van der Waals surface area contributed by atoms with Gasteiger partial charge >= 0.3 is 0 Å². The van der Waals surface area contributed by atoms with E-state index in [1.165, 1.54) is 11.1 Å². The molecule has 1 saturated heterocycles. The summed E-state index contributed by atoms with van der Waals surface area (Å²) in [7, 11) is 0. The summed E-state index contributed by atoms with van der Waals surface area (Å²) in [6, 6.07) is 19.6. The lowest BCUT2D eigenvalue weighted by atomic mass is 10.0. The van der Waals surface area contributed by atoms with Crippen LogP contribution >= 0.6 is 0 Å². The number of rotatable bonds is 7. The second-order valence-electron chi connectivity index (χ2n) is 9.84. The quantitative estimate of drug-likeness (QED) is 0.543. The summed E-state index contributed by atoms with van der Waals surface area (Å²) in [6.45, 7) is 10.3. The van der Waals surface area contributed by atoms with Gasteiger partial charge in [-0.15, -0.1) is 0 Å². The molecule has 1 aliphatic rings. The van der Waals surface area contributed by atoms with Gasteiger partial charge in [-0.25, -0.2) is 0 Å². The average molecular weight is 474 g/mol. The zero-order valence-electron chi connectivity index (χ0n) is 21.0. The summed E-state index contributed by atoms with van der Waals surface area (Å²) >= 11 is 0. The van der Waals surface area contributed by atoms with Crippen molar-refractivity contribution in [3.8, 4) is 11.3 Å². The van der Waals surface area contributed by atoms with Crippen LogP contribution in [-0.2, 0) is 22.7 Å². The summed E-state index contributed by atoms with van der Waals surface area (Å²) in [5.74, 6) is 0.559. The number of hydrogen-bond acceptors (Lipinski definition) is 4. The monoisotopic (exact) mass is 473 g/mol. The first-order chi connectivity index (χ1) is 16.8. The smallest absolute Gasteiger partial charge is 0.244 e. The molecular weight excluding hydrogens is 438 g/mol. The fourth-order valence-electron chi connectivity index (χ4n) is 4.67. The van der Waals surface area contributed by atoms with Crippen LogP contribution < -0.4 is 5.32 Å². The number of nitrogens with zero attached hydrogens (tertiary/aromatic N) is 2. The minimum absolute atomic E-state index is 0.0236. The highest BCUT2D eigenvalue weighted by atomic mass is 16.3. The minimum Gasteiger partial charge on any atom is -0.464 e. The van der Waals surface area contributed by atoms with E-state index in [1.807, 2.05) is 57.2 Å². The van der Waals surface area contributed by atoms with Crippen molar-refractivity contribution in [3.63, 3.8) is 0 Å². The third kappa shape index (κ3) is 6.01. The van der Waals surface area contributed by atoms with E-state index in [1.54, 1.807) is 11.2 Å². The molecule has 2 atom stereocenters. The zero-order valence-corrected chi connectivity index (χ0v) is 21.0. The molecule has 4 rings (SSSR count). The van der Waals surface area contributed by atoms with Crippen LogP contribution in [0.15, 0.2) is 71.3 Å². The topological polar surface area (TPSA) is 65.8 Å². The first-order valence-electron chi connectivity index (χ1n) is 12.3. The van der Waals surface area contributed by atoms with Crippen molar-refractivity contribution < 1.29 is 14.0 Å². The molecule has 6 nitrogen and oxygen atoms in total. The van der Waals surface area contributed by atoms with Crippen molar-refractivity contribution in [2.45, 2.75) is 52.9 Å². The highest BCUT2D eigenvalue weighted by Crippen LogP contribution is 2.22. The molecule has 0 radical (unpaired) electrons. The van der Waals surface area contributed by atoms with Gasteiger partial charge in [-0.3, -0.25) is 14.5 Å². The Morgan fingerprint density at radius 1 is 1.00 bits per heavy atom. The van der Waals surface area contributed by atoms with Gasteiger partial charge in [0.2, 0.25) is 11.8 Å². The van der Waals surface area contributed by atoms with Gasteiger partial charge in [0.15, 0.2) is 0 Å². The molecule has 35 heavy (non-hydrogen) atoms. The predicted octanol–water partition coefficient (Wildman–Crippen LogP) is 4.63. The normalized spacial score (nSPS) is 18.6. The third-order valence-corrected chi connectivity index (χ3v) is 6.57. The fraction of sp³-hybridized carbons (Fsp3) is 0.379. The van der Waals surface area contributed by atoms with E-state index in [0.29, 0.717) is 13.1 Å². The third-order valence-electron chi connectivity index (χ3n) is 6.57. The molecule has 1 fully saturated rings. The van der Waals surface area contributed by atoms with Crippen LogP contribution in [0.3, 0.4) is 0 Å². The molecule has 2 amide bonds. The lowest BCUT2D eigenvalue weighted by Crippen LogP contribution is -2.64. The summed E-state index contributed by atoms with van der Waals surface area (Å²) in [5.41, 5.74) is 4.42. The Morgan fingerprint density at radius 2 is 1.69 bits per heavy atom. The van der Waals surface area contributed by atoms with Gasteiger partial charge in [-0.1, -0.05) is 67.9 Å². The Kier molecular flexibility index (Phi) is 7.71. The summed E-state index contributed by atoms with van der Waals surface area (Å²) in [5, 5.41) is 3.08. The summed E-state index contributed by atoms with van der Waals surface area (Å²) in [4.78, 5) is 30.5. The summed E-state index contributed by atoms with van der Waals surface area (Å²) < 4.78 is 5.45. The van der Waals surface area contributed by atoms with Crippen molar-refractivity contribution >= 4 is 11.8 Å². The van der Waals surface area contributed by atoms with E-state index in [0.717, 1.165) is 30.0 Å². The number of amides is 2. The number of carbonyl (C=O) groups excluding carboxylic acids is 2. The Labute approximate surface area is 207 Å².